The van der Waals surface area contributed by atoms with Crippen LogP contribution in [0.15, 0.2) is 30.3 Å². The van der Waals surface area contributed by atoms with Crippen molar-refractivity contribution in [1.29, 1.82) is 0 Å². The van der Waals surface area contributed by atoms with E-state index in [4.69, 9.17) is 0 Å². The number of hydrogen-bond acceptors (Lipinski definition) is 2. The maximum Gasteiger partial charge on any atom is 0.237 e. The van der Waals surface area contributed by atoms with Crippen molar-refractivity contribution in [2.75, 3.05) is 13.1 Å². The van der Waals surface area contributed by atoms with Crippen LogP contribution in [0.1, 0.15) is 45.1 Å². The number of benzene rings is 1. The smallest absolute Gasteiger partial charge is 0.237 e. The van der Waals surface area contributed by atoms with Crippen LogP contribution in [0.4, 0.5) is 0 Å². The molecule has 1 heterocycles. The average molecular weight is 311 g/mol. The standard InChI is InChI=1S/C17H26N2O.ClH/c1-3-17(4-2,14-9-6-5-7-10-14)13-19-16(20)15-11-8-12-18-15;/h5-7,9-10,15,18H,3-4,8,11-13H2,1-2H3,(H,19,20);1H. The fourth-order valence-electron chi connectivity index (χ4n) is 3.09. The van der Waals surface area contributed by atoms with Crippen molar-refractivity contribution in [3.05, 3.63) is 35.9 Å². The van der Waals surface area contributed by atoms with E-state index in [0.717, 1.165) is 38.8 Å². The van der Waals surface area contributed by atoms with Gasteiger partial charge in [-0.15, -0.1) is 12.4 Å². The van der Waals surface area contributed by atoms with E-state index in [9.17, 15) is 4.79 Å². The molecule has 118 valence electrons. The number of nitrogens with one attached hydrogen (secondary N) is 2. The minimum atomic E-state index is 0. The first kappa shape index (κ1) is 18.0. The molecule has 0 radical (unpaired) electrons. The second-order valence-corrected chi connectivity index (χ2v) is 5.72. The molecule has 1 aliphatic rings. The normalized spacial score (nSPS) is 18.1. The Balaban J connectivity index is 0.00000220. The van der Waals surface area contributed by atoms with E-state index in [1.807, 2.05) is 6.07 Å². The molecule has 4 heteroatoms. The van der Waals surface area contributed by atoms with Crippen molar-refractivity contribution >= 4 is 18.3 Å². The lowest BCUT2D eigenvalue weighted by atomic mass is 9.76. The Bertz CT molecular complexity index is 426. The van der Waals surface area contributed by atoms with Gasteiger partial charge in [0.1, 0.15) is 0 Å². The molecule has 1 fully saturated rings. The van der Waals surface area contributed by atoms with Gasteiger partial charge in [-0.05, 0) is 37.8 Å². The molecular formula is C17H27ClN2O. The lowest BCUT2D eigenvalue weighted by Gasteiger charge is -2.33. The van der Waals surface area contributed by atoms with E-state index in [0.29, 0.717) is 0 Å². The summed E-state index contributed by atoms with van der Waals surface area (Å²) in [7, 11) is 0. The third-order valence-corrected chi connectivity index (χ3v) is 4.72. The van der Waals surface area contributed by atoms with Gasteiger partial charge in [-0.3, -0.25) is 4.79 Å². The number of halogens is 1. The van der Waals surface area contributed by atoms with Crippen molar-refractivity contribution < 1.29 is 4.79 Å². The summed E-state index contributed by atoms with van der Waals surface area (Å²) >= 11 is 0. The van der Waals surface area contributed by atoms with E-state index >= 15 is 0 Å². The van der Waals surface area contributed by atoms with E-state index < -0.39 is 0 Å². The summed E-state index contributed by atoms with van der Waals surface area (Å²) in [6.45, 7) is 6.09. The summed E-state index contributed by atoms with van der Waals surface area (Å²) in [6, 6.07) is 10.6. The van der Waals surface area contributed by atoms with Crippen molar-refractivity contribution in [2.45, 2.75) is 51.0 Å². The van der Waals surface area contributed by atoms with Gasteiger partial charge in [-0.25, -0.2) is 0 Å². The zero-order valence-corrected chi connectivity index (χ0v) is 13.8. The van der Waals surface area contributed by atoms with Gasteiger partial charge in [-0.2, -0.15) is 0 Å². The molecule has 1 saturated heterocycles. The predicted octanol–water partition coefficient (Wildman–Crippen LogP) is 3.03. The average Bonchev–Trinajstić information content (AvgIpc) is 3.04. The van der Waals surface area contributed by atoms with Crippen LogP contribution in [0.3, 0.4) is 0 Å². The van der Waals surface area contributed by atoms with E-state index in [1.54, 1.807) is 0 Å². The molecule has 2 N–H and O–H groups in total. The molecular weight excluding hydrogens is 284 g/mol. The summed E-state index contributed by atoms with van der Waals surface area (Å²) in [6.07, 6.45) is 4.13. The Hall–Kier alpha value is -1.06. The summed E-state index contributed by atoms with van der Waals surface area (Å²) in [5.74, 6) is 0.157. The van der Waals surface area contributed by atoms with Crippen LogP contribution in [0.25, 0.3) is 0 Å². The first-order valence-corrected chi connectivity index (χ1v) is 7.78. The molecule has 1 unspecified atom stereocenters. The molecule has 1 aromatic carbocycles. The van der Waals surface area contributed by atoms with Gasteiger partial charge in [-0.1, -0.05) is 44.2 Å². The van der Waals surface area contributed by atoms with E-state index in [-0.39, 0.29) is 29.8 Å². The van der Waals surface area contributed by atoms with E-state index in [2.05, 4.69) is 48.7 Å². The third kappa shape index (κ3) is 4.21. The van der Waals surface area contributed by atoms with Crippen LogP contribution in [0, 0.1) is 0 Å². The highest BCUT2D eigenvalue weighted by molar-refractivity contribution is 5.85. The summed E-state index contributed by atoms with van der Waals surface area (Å²) in [4.78, 5) is 12.2. The highest BCUT2D eigenvalue weighted by Gasteiger charge is 2.30. The fourth-order valence-corrected chi connectivity index (χ4v) is 3.09. The molecule has 0 aromatic heterocycles. The summed E-state index contributed by atoms with van der Waals surface area (Å²) < 4.78 is 0. The second-order valence-electron chi connectivity index (χ2n) is 5.72. The number of carbonyl (C=O) groups excluding carboxylic acids is 1. The minimum absolute atomic E-state index is 0. The lowest BCUT2D eigenvalue weighted by Crippen LogP contribution is -2.46. The van der Waals surface area contributed by atoms with Gasteiger partial charge < -0.3 is 10.6 Å². The number of amides is 1. The Kier molecular flexibility index (Phi) is 7.20. The van der Waals surface area contributed by atoms with Crippen LogP contribution in [-0.2, 0) is 10.2 Å². The summed E-state index contributed by atoms with van der Waals surface area (Å²) in [5, 5.41) is 6.42. The maximum atomic E-state index is 12.2. The van der Waals surface area contributed by atoms with Gasteiger partial charge in [0.15, 0.2) is 0 Å². The first-order valence-electron chi connectivity index (χ1n) is 7.78. The molecule has 1 aliphatic heterocycles. The highest BCUT2D eigenvalue weighted by atomic mass is 35.5. The molecule has 1 atom stereocenters. The Labute approximate surface area is 134 Å². The van der Waals surface area contributed by atoms with Crippen LogP contribution in [-0.4, -0.2) is 25.0 Å². The Morgan fingerprint density at radius 3 is 2.48 bits per heavy atom. The van der Waals surface area contributed by atoms with Crippen LogP contribution in [0.5, 0.6) is 0 Å². The minimum Gasteiger partial charge on any atom is -0.354 e. The van der Waals surface area contributed by atoms with Crippen LogP contribution >= 0.6 is 12.4 Å². The molecule has 3 nitrogen and oxygen atoms in total. The van der Waals surface area contributed by atoms with Crippen molar-refractivity contribution in [3.8, 4) is 0 Å². The number of rotatable bonds is 6. The maximum absolute atomic E-state index is 12.2. The highest BCUT2D eigenvalue weighted by Crippen LogP contribution is 2.30. The van der Waals surface area contributed by atoms with Gasteiger partial charge in [0.2, 0.25) is 5.91 Å². The third-order valence-electron chi connectivity index (χ3n) is 4.72. The van der Waals surface area contributed by atoms with Gasteiger partial charge >= 0.3 is 0 Å². The predicted molar refractivity (Wildman–Crippen MR) is 90.0 cm³/mol. The number of carbonyl (C=O) groups is 1. The lowest BCUT2D eigenvalue weighted by molar-refractivity contribution is -0.123. The molecule has 1 aromatic rings. The van der Waals surface area contributed by atoms with Crippen LogP contribution in [0.2, 0.25) is 0 Å². The van der Waals surface area contributed by atoms with Gasteiger partial charge in [0, 0.05) is 12.0 Å². The van der Waals surface area contributed by atoms with Gasteiger partial charge in [0.25, 0.3) is 0 Å². The monoisotopic (exact) mass is 310 g/mol. The molecule has 2 rings (SSSR count). The molecule has 0 aliphatic carbocycles. The summed E-state index contributed by atoms with van der Waals surface area (Å²) in [5.41, 5.74) is 1.37. The molecule has 0 saturated carbocycles. The number of hydrogen-bond donors (Lipinski definition) is 2. The first-order chi connectivity index (χ1) is 9.72. The molecule has 0 spiro atoms. The Morgan fingerprint density at radius 2 is 1.95 bits per heavy atom. The van der Waals surface area contributed by atoms with Crippen molar-refractivity contribution in [2.24, 2.45) is 0 Å². The van der Waals surface area contributed by atoms with Crippen LogP contribution < -0.4 is 10.6 Å². The van der Waals surface area contributed by atoms with Crippen molar-refractivity contribution in [1.82, 2.24) is 10.6 Å². The van der Waals surface area contributed by atoms with E-state index in [1.165, 1.54) is 5.56 Å². The fraction of sp³-hybridized carbons (Fsp3) is 0.588. The zero-order valence-electron chi connectivity index (χ0n) is 13.0. The topological polar surface area (TPSA) is 41.1 Å². The molecule has 21 heavy (non-hydrogen) atoms. The Morgan fingerprint density at radius 1 is 1.29 bits per heavy atom. The largest absolute Gasteiger partial charge is 0.354 e. The molecule has 1 amide bonds. The van der Waals surface area contributed by atoms with Gasteiger partial charge in [0.05, 0.1) is 6.04 Å². The SMILES string of the molecule is CCC(CC)(CNC(=O)C1CCCN1)c1ccccc1.Cl. The molecule has 0 bridgehead atoms. The quantitative estimate of drug-likeness (QED) is 0.848. The zero-order chi connectivity index (χ0) is 14.4. The second kappa shape index (κ2) is 8.40. The van der Waals surface area contributed by atoms with Crippen molar-refractivity contribution in [3.63, 3.8) is 0 Å².